The minimum absolute atomic E-state index is 0.0295. The average molecular weight is 415 g/mol. The predicted molar refractivity (Wildman–Crippen MR) is 107 cm³/mol. The van der Waals surface area contributed by atoms with Gasteiger partial charge in [0.1, 0.15) is 5.92 Å². The first-order valence-corrected chi connectivity index (χ1v) is 10.6. The minimum atomic E-state index is -1.09. The maximum absolute atomic E-state index is 14.5. The summed E-state index contributed by atoms with van der Waals surface area (Å²) in [5.41, 5.74) is 2.09. The Morgan fingerprint density at radius 3 is 2.24 bits per heavy atom. The first kappa shape index (κ1) is 18.9. The van der Waals surface area contributed by atoms with E-state index >= 15 is 0 Å². The molecule has 3 aliphatic rings. The van der Waals surface area contributed by atoms with Crippen LogP contribution in [-0.2, 0) is 16.0 Å². The molecule has 0 aromatic heterocycles. The summed E-state index contributed by atoms with van der Waals surface area (Å²) in [5.74, 6) is -2.46. The van der Waals surface area contributed by atoms with E-state index in [2.05, 4.69) is 0 Å². The fourth-order valence-electron chi connectivity index (χ4n) is 6.04. The van der Waals surface area contributed by atoms with Gasteiger partial charge in [-0.25, -0.2) is 8.78 Å². The van der Waals surface area contributed by atoms with E-state index in [9.17, 15) is 18.4 Å². The van der Waals surface area contributed by atoms with Crippen LogP contribution in [0.15, 0.2) is 30.3 Å². The first-order valence-electron chi connectivity index (χ1n) is 10.3. The SMILES string of the molecule is CCc1ccc(-c2ccc(Cl)c(F)c2F)cc1C1C(=O)[C@@H]2[C@@H]3CC[C@@H](C3)[C@@H]2C1=O. The zero-order chi connectivity index (χ0) is 20.4. The number of halogens is 3. The average Bonchev–Trinajstić information content (AvgIpc) is 3.40. The van der Waals surface area contributed by atoms with Crippen molar-refractivity contribution in [3.05, 3.63) is 58.1 Å². The van der Waals surface area contributed by atoms with E-state index in [0.717, 1.165) is 24.8 Å². The van der Waals surface area contributed by atoms with E-state index in [1.807, 2.05) is 13.0 Å². The van der Waals surface area contributed by atoms with Gasteiger partial charge < -0.3 is 0 Å². The van der Waals surface area contributed by atoms with Crippen LogP contribution in [0.1, 0.15) is 43.2 Å². The van der Waals surface area contributed by atoms with Gasteiger partial charge in [0.15, 0.2) is 23.2 Å². The van der Waals surface area contributed by atoms with Crippen molar-refractivity contribution in [2.45, 2.75) is 38.5 Å². The number of aryl methyl sites for hydroxylation is 1. The highest BCUT2D eigenvalue weighted by Crippen LogP contribution is 2.59. The number of ketones is 2. The molecule has 2 nitrogen and oxygen atoms in total. The normalized spacial score (nSPS) is 30.3. The van der Waals surface area contributed by atoms with Crippen molar-refractivity contribution in [1.29, 1.82) is 0 Å². The molecule has 0 spiro atoms. The molecule has 150 valence electrons. The molecule has 0 radical (unpaired) electrons. The summed E-state index contributed by atoms with van der Waals surface area (Å²) in [6.07, 6.45) is 3.73. The Hall–Kier alpha value is -2.07. The topological polar surface area (TPSA) is 34.1 Å². The highest BCUT2D eigenvalue weighted by atomic mass is 35.5. The Morgan fingerprint density at radius 1 is 0.966 bits per heavy atom. The molecule has 2 aromatic rings. The Labute approximate surface area is 173 Å². The van der Waals surface area contributed by atoms with Gasteiger partial charge in [-0.2, -0.15) is 0 Å². The first-order chi connectivity index (χ1) is 13.9. The van der Waals surface area contributed by atoms with Crippen molar-refractivity contribution in [3.8, 4) is 11.1 Å². The van der Waals surface area contributed by atoms with E-state index in [-0.39, 0.29) is 34.0 Å². The number of fused-ring (bicyclic) bond motifs is 5. The lowest BCUT2D eigenvalue weighted by Gasteiger charge is -2.21. The van der Waals surface area contributed by atoms with E-state index in [4.69, 9.17) is 11.6 Å². The third kappa shape index (κ3) is 2.64. The second-order valence-corrected chi connectivity index (χ2v) is 9.02. The highest BCUT2D eigenvalue weighted by Gasteiger charge is 2.61. The van der Waals surface area contributed by atoms with Gasteiger partial charge in [-0.05, 0) is 72.4 Å². The molecular weight excluding hydrogens is 394 g/mol. The van der Waals surface area contributed by atoms with Crippen molar-refractivity contribution < 1.29 is 18.4 Å². The number of carbonyl (C=O) groups is 2. The van der Waals surface area contributed by atoms with Crippen LogP contribution in [0.25, 0.3) is 11.1 Å². The molecule has 0 heterocycles. The third-order valence-electron chi connectivity index (χ3n) is 7.33. The summed E-state index contributed by atoms with van der Waals surface area (Å²) in [7, 11) is 0. The quantitative estimate of drug-likeness (QED) is 0.473. The number of carbonyl (C=O) groups excluding carboxylic acids is 2. The zero-order valence-electron chi connectivity index (χ0n) is 16.1. The lowest BCUT2D eigenvalue weighted by atomic mass is 9.81. The standard InChI is InChI=1S/C24H21ClF2O2/c1-2-11-3-4-12(15-7-8-17(25)22(27)21(15)26)10-16(11)20-23(28)18-13-5-6-14(9-13)19(18)24(20)29/h3-4,7-8,10,13-14,18-20H,2,5-6,9H2,1H3/t13-,14+,18-,19+,20?. The second-order valence-electron chi connectivity index (χ2n) is 8.61. The number of benzene rings is 2. The molecule has 29 heavy (non-hydrogen) atoms. The summed E-state index contributed by atoms with van der Waals surface area (Å²) in [5, 5.41) is -0.277. The molecule has 5 rings (SSSR count). The molecule has 0 aliphatic heterocycles. The minimum Gasteiger partial charge on any atom is -0.298 e. The van der Waals surface area contributed by atoms with Gasteiger partial charge >= 0.3 is 0 Å². The largest absolute Gasteiger partial charge is 0.298 e. The van der Waals surface area contributed by atoms with E-state index in [0.29, 0.717) is 29.4 Å². The Morgan fingerprint density at radius 2 is 1.62 bits per heavy atom. The van der Waals surface area contributed by atoms with Crippen molar-refractivity contribution in [1.82, 2.24) is 0 Å². The lowest BCUT2D eigenvalue weighted by Crippen LogP contribution is -2.24. The van der Waals surface area contributed by atoms with E-state index in [1.165, 1.54) is 12.1 Å². The van der Waals surface area contributed by atoms with Crippen molar-refractivity contribution in [2.75, 3.05) is 0 Å². The molecule has 1 unspecified atom stereocenters. The lowest BCUT2D eigenvalue weighted by molar-refractivity contribution is -0.125. The predicted octanol–water partition coefficient (Wildman–Crippen LogP) is 5.75. The van der Waals surface area contributed by atoms with E-state index < -0.39 is 17.6 Å². The summed E-state index contributed by atoms with van der Waals surface area (Å²) in [4.78, 5) is 26.6. The van der Waals surface area contributed by atoms with Gasteiger partial charge in [-0.1, -0.05) is 30.7 Å². The monoisotopic (exact) mass is 414 g/mol. The molecule has 5 atom stereocenters. The fourth-order valence-corrected chi connectivity index (χ4v) is 6.19. The molecule has 3 saturated carbocycles. The molecule has 2 aromatic carbocycles. The summed E-state index contributed by atoms with van der Waals surface area (Å²) in [6.45, 7) is 1.97. The van der Waals surface area contributed by atoms with Crippen molar-refractivity contribution in [3.63, 3.8) is 0 Å². The number of hydrogen-bond donors (Lipinski definition) is 0. The zero-order valence-corrected chi connectivity index (χ0v) is 16.8. The Balaban J connectivity index is 1.61. The van der Waals surface area contributed by atoms with Crippen molar-refractivity contribution in [2.24, 2.45) is 23.7 Å². The summed E-state index contributed by atoms with van der Waals surface area (Å²) >= 11 is 5.68. The third-order valence-corrected chi connectivity index (χ3v) is 7.62. The van der Waals surface area contributed by atoms with Gasteiger partial charge in [0, 0.05) is 17.4 Å². The van der Waals surface area contributed by atoms with Crippen LogP contribution in [0.5, 0.6) is 0 Å². The summed E-state index contributed by atoms with van der Waals surface area (Å²) in [6, 6.07) is 7.98. The van der Waals surface area contributed by atoms with E-state index in [1.54, 1.807) is 12.1 Å². The maximum Gasteiger partial charge on any atom is 0.178 e. The maximum atomic E-state index is 14.5. The molecule has 0 saturated heterocycles. The fraction of sp³-hybridized carbons (Fsp3) is 0.417. The van der Waals surface area contributed by atoms with Crippen LogP contribution in [0, 0.1) is 35.3 Å². The van der Waals surface area contributed by atoms with Crippen LogP contribution >= 0.6 is 11.6 Å². The van der Waals surface area contributed by atoms with Gasteiger partial charge in [-0.3, -0.25) is 9.59 Å². The van der Waals surface area contributed by atoms with Gasteiger partial charge in [0.05, 0.1) is 5.02 Å². The van der Waals surface area contributed by atoms with Gasteiger partial charge in [-0.15, -0.1) is 0 Å². The number of rotatable bonds is 3. The van der Waals surface area contributed by atoms with Crippen LogP contribution in [0.3, 0.4) is 0 Å². The van der Waals surface area contributed by atoms with Crippen LogP contribution < -0.4 is 0 Å². The molecular formula is C24H21ClF2O2. The van der Waals surface area contributed by atoms with Crippen LogP contribution in [0.2, 0.25) is 5.02 Å². The molecule has 2 bridgehead atoms. The molecule has 5 heteroatoms. The van der Waals surface area contributed by atoms with Crippen molar-refractivity contribution >= 4 is 23.2 Å². The van der Waals surface area contributed by atoms with Crippen LogP contribution in [0.4, 0.5) is 8.78 Å². The second kappa shape index (κ2) is 6.73. The number of Topliss-reactive ketones (excluding diaryl/α,β-unsaturated/α-hetero) is 2. The van der Waals surface area contributed by atoms with Crippen LogP contribution in [-0.4, -0.2) is 11.6 Å². The molecule has 3 aliphatic carbocycles. The number of hydrogen-bond acceptors (Lipinski definition) is 2. The Bertz CT molecular complexity index is 1020. The molecule has 3 fully saturated rings. The smallest absolute Gasteiger partial charge is 0.178 e. The highest BCUT2D eigenvalue weighted by molar-refractivity contribution is 6.30. The molecule has 0 amide bonds. The summed E-state index contributed by atoms with van der Waals surface area (Å²) < 4.78 is 28.5. The molecule has 0 N–H and O–H groups in total. The van der Waals surface area contributed by atoms with Gasteiger partial charge in [0.25, 0.3) is 0 Å². The van der Waals surface area contributed by atoms with Gasteiger partial charge in [0.2, 0.25) is 0 Å². The Kier molecular flexibility index (Phi) is 4.39.